The van der Waals surface area contributed by atoms with Crippen LogP contribution in [-0.2, 0) is 9.59 Å². The lowest BCUT2D eigenvalue weighted by atomic mass is 9.91. The number of hydrogen-bond acceptors (Lipinski definition) is 3. The molecule has 1 heterocycles. The topological polar surface area (TPSA) is 66.4 Å². The van der Waals surface area contributed by atoms with Gasteiger partial charge < -0.3 is 10.4 Å². The first kappa shape index (κ1) is 16.8. The summed E-state index contributed by atoms with van der Waals surface area (Å²) in [6.07, 6.45) is 0.919. The summed E-state index contributed by atoms with van der Waals surface area (Å²) in [5.41, 5.74) is -0.696. The van der Waals surface area contributed by atoms with Gasteiger partial charge in [0.2, 0.25) is 5.91 Å². The Morgan fingerprint density at radius 1 is 1.36 bits per heavy atom. The predicted octanol–water partition coefficient (Wildman–Crippen LogP) is 2.79. The molecule has 4 nitrogen and oxygen atoms in total. The molecule has 1 aromatic carbocycles. The van der Waals surface area contributed by atoms with Crippen molar-refractivity contribution in [3.63, 3.8) is 0 Å². The lowest BCUT2D eigenvalue weighted by Gasteiger charge is -2.34. The molecule has 22 heavy (non-hydrogen) atoms. The van der Waals surface area contributed by atoms with E-state index < -0.39 is 11.5 Å². The van der Waals surface area contributed by atoms with Crippen molar-refractivity contribution in [3.8, 4) is 0 Å². The van der Waals surface area contributed by atoms with E-state index in [4.69, 9.17) is 0 Å². The first-order chi connectivity index (χ1) is 10.4. The first-order valence-corrected chi connectivity index (χ1v) is 8.47. The third-order valence-corrected chi connectivity index (χ3v) is 5.05. The van der Waals surface area contributed by atoms with Gasteiger partial charge in [0.1, 0.15) is 11.4 Å². The van der Waals surface area contributed by atoms with Gasteiger partial charge >= 0.3 is 5.97 Å². The number of carboxylic acid groups (broad SMARTS) is 1. The van der Waals surface area contributed by atoms with Gasteiger partial charge in [0, 0.05) is 6.42 Å². The fraction of sp³-hybridized carbons (Fsp3) is 0.500. The van der Waals surface area contributed by atoms with E-state index in [2.05, 4.69) is 5.32 Å². The molecule has 1 fully saturated rings. The van der Waals surface area contributed by atoms with E-state index >= 15 is 0 Å². The number of aliphatic carboxylic acids is 1. The molecule has 1 aliphatic rings. The monoisotopic (exact) mass is 325 g/mol. The van der Waals surface area contributed by atoms with Crippen LogP contribution in [0.4, 0.5) is 4.39 Å². The van der Waals surface area contributed by atoms with Gasteiger partial charge in [-0.2, -0.15) is 11.8 Å². The van der Waals surface area contributed by atoms with E-state index in [-0.39, 0.29) is 24.1 Å². The molecule has 0 bridgehead atoms. The molecule has 1 aromatic rings. The maximum atomic E-state index is 13.7. The Kier molecular flexibility index (Phi) is 5.45. The molecule has 1 unspecified atom stereocenters. The van der Waals surface area contributed by atoms with Crippen LogP contribution in [0.25, 0.3) is 0 Å². The van der Waals surface area contributed by atoms with Gasteiger partial charge in [-0.3, -0.25) is 4.79 Å². The zero-order valence-corrected chi connectivity index (χ0v) is 13.3. The second-order valence-electron chi connectivity index (χ2n) is 5.67. The maximum absolute atomic E-state index is 13.7. The van der Waals surface area contributed by atoms with Gasteiger partial charge in [-0.1, -0.05) is 25.1 Å². The second kappa shape index (κ2) is 7.13. The highest BCUT2D eigenvalue weighted by Gasteiger charge is 2.41. The summed E-state index contributed by atoms with van der Waals surface area (Å²) >= 11 is 1.69. The number of carbonyl (C=O) groups is 2. The number of halogens is 1. The van der Waals surface area contributed by atoms with Crippen molar-refractivity contribution in [1.29, 1.82) is 0 Å². The van der Waals surface area contributed by atoms with Crippen LogP contribution in [0, 0.1) is 5.82 Å². The number of rotatable bonds is 5. The van der Waals surface area contributed by atoms with Gasteiger partial charge in [0.05, 0.1) is 0 Å². The minimum Gasteiger partial charge on any atom is -0.480 e. The van der Waals surface area contributed by atoms with Crippen LogP contribution in [0.3, 0.4) is 0 Å². The fourth-order valence-electron chi connectivity index (χ4n) is 2.69. The Hall–Kier alpha value is -1.56. The largest absolute Gasteiger partial charge is 0.480 e. The van der Waals surface area contributed by atoms with Crippen molar-refractivity contribution < 1.29 is 19.1 Å². The van der Waals surface area contributed by atoms with E-state index in [1.807, 2.05) is 0 Å². The molecule has 1 amide bonds. The SMILES string of the molecule is CC(CC(=O)NC1(C(=O)O)CCSCC1)c1ccccc1F. The molecule has 2 N–H and O–H groups in total. The number of carbonyl (C=O) groups excluding carboxylic acids is 1. The first-order valence-electron chi connectivity index (χ1n) is 7.31. The molecule has 1 aliphatic heterocycles. The summed E-state index contributed by atoms with van der Waals surface area (Å²) in [5, 5.41) is 12.1. The molecule has 1 atom stereocenters. The zero-order chi connectivity index (χ0) is 16.2. The number of thioether (sulfide) groups is 1. The van der Waals surface area contributed by atoms with Crippen molar-refractivity contribution in [2.45, 2.75) is 37.6 Å². The molecule has 6 heteroatoms. The predicted molar refractivity (Wildman–Crippen MR) is 84.5 cm³/mol. The van der Waals surface area contributed by atoms with Crippen LogP contribution in [0.2, 0.25) is 0 Å². The third-order valence-electron chi connectivity index (χ3n) is 4.06. The van der Waals surface area contributed by atoms with Crippen LogP contribution in [0.1, 0.15) is 37.7 Å². The number of benzene rings is 1. The van der Waals surface area contributed by atoms with Gasteiger partial charge in [-0.05, 0) is 41.9 Å². The van der Waals surface area contributed by atoms with E-state index in [0.29, 0.717) is 18.4 Å². The van der Waals surface area contributed by atoms with Crippen molar-refractivity contribution >= 4 is 23.6 Å². The second-order valence-corrected chi connectivity index (χ2v) is 6.90. The minimum atomic E-state index is -1.17. The third kappa shape index (κ3) is 3.80. The van der Waals surface area contributed by atoms with E-state index in [0.717, 1.165) is 11.5 Å². The van der Waals surface area contributed by atoms with E-state index in [1.165, 1.54) is 6.07 Å². The Balaban J connectivity index is 2.02. The molecule has 120 valence electrons. The zero-order valence-electron chi connectivity index (χ0n) is 12.5. The molecular weight excluding hydrogens is 305 g/mol. The number of amides is 1. The molecule has 0 aromatic heterocycles. The van der Waals surface area contributed by atoms with Gasteiger partial charge in [0.25, 0.3) is 0 Å². The van der Waals surface area contributed by atoms with Crippen LogP contribution >= 0.6 is 11.8 Å². The van der Waals surface area contributed by atoms with Crippen LogP contribution < -0.4 is 5.32 Å². The lowest BCUT2D eigenvalue weighted by molar-refractivity contribution is -0.148. The average molecular weight is 325 g/mol. The van der Waals surface area contributed by atoms with Crippen LogP contribution in [0.15, 0.2) is 24.3 Å². The van der Waals surface area contributed by atoms with Gasteiger partial charge in [-0.25, -0.2) is 9.18 Å². The Morgan fingerprint density at radius 2 is 2.00 bits per heavy atom. The van der Waals surface area contributed by atoms with Crippen molar-refractivity contribution in [3.05, 3.63) is 35.6 Å². The molecule has 0 radical (unpaired) electrons. The summed E-state index contributed by atoms with van der Waals surface area (Å²) in [4.78, 5) is 23.7. The summed E-state index contributed by atoms with van der Waals surface area (Å²) in [6.45, 7) is 1.77. The minimum absolute atomic E-state index is 0.0725. The van der Waals surface area contributed by atoms with Crippen molar-refractivity contribution in [2.24, 2.45) is 0 Å². The number of carboxylic acids is 1. The quantitative estimate of drug-likeness (QED) is 0.873. The maximum Gasteiger partial charge on any atom is 0.329 e. The Bertz CT molecular complexity index is 558. The summed E-state index contributed by atoms with van der Waals surface area (Å²) in [6, 6.07) is 6.34. The van der Waals surface area contributed by atoms with E-state index in [9.17, 15) is 19.1 Å². The summed E-state index contributed by atoms with van der Waals surface area (Å²) in [5.74, 6) is -0.537. The highest BCUT2D eigenvalue weighted by atomic mass is 32.2. The molecule has 2 rings (SSSR count). The highest BCUT2D eigenvalue weighted by molar-refractivity contribution is 7.99. The standard InChI is InChI=1S/C16H20FNO3S/c1-11(12-4-2-3-5-13(12)17)10-14(19)18-16(15(20)21)6-8-22-9-7-16/h2-5,11H,6-10H2,1H3,(H,18,19)(H,20,21). The summed E-state index contributed by atoms with van der Waals surface area (Å²) in [7, 11) is 0. The average Bonchev–Trinajstić information content (AvgIpc) is 2.48. The fourth-order valence-corrected chi connectivity index (χ4v) is 3.88. The summed E-state index contributed by atoms with van der Waals surface area (Å²) < 4.78 is 13.7. The van der Waals surface area contributed by atoms with Crippen molar-refractivity contribution in [1.82, 2.24) is 5.32 Å². The molecule has 1 saturated heterocycles. The lowest BCUT2D eigenvalue weighted by Crippen LogP contribution is -2.56. The molecule has 0 saturated carbocycles. The van der Waals surface area contributed by atoms with Gasteiger partial charge in [-0.15, -0.1) is 0 Å². The highest BCUT2D eigenvalue weighted by Crippen LogP contribution is 2.28. The normalized spacial score (nSPS) is 18.5. The Labute approximate surface area is 133 Å². The van der Waals surface area contributed by atoms with Crippen LogP contribution in [-0.4, -0.2) is 34.0 Å². The van der Waals surface area contributed by atoms with E-state index in [1.54, 1.807) is 36.9 Å². The molecule has 0 spiro atoms. The Morgan fingerprint density at radius 3 is 2.59 bits per heavy atom. The molecular formula is C16H20FNO3S. The smallest absolute Gasteiger partial charge is 0.329 e. The van der Waals surface area contributed by atoms with Gasteiger partial charge in [0.15, 0.2) is 0 Å². The number of hydrogen-bond donors (Lipinski definition) is 2. The van der Waals surface area contributed by atoms with Crippen LogP contribution in [0.5, 0.6) is 0 Å². The number of nitrogens with one attached hydrogen (secondary N) is 1. The molecule has 0 aliphatic carbocycles. The van der Waals surface area contributed by atoms with Crippen molar-refractivity contribution in [2.75, 3.05) is 11.5 Å².